The Morgan fingerprint density at radius 2 is 1.86 bits per heavy atom. The number of benzene rings is 2. The van der Waals surface area contributed by atoms with Crippen molar-refractivity contribution in [1.82, 2.24) is 0 Å². The van der Waals surface area contributed by atoms with Gasteiger partial charge in [-0.15, -0.1) is 0 Å². The van der Waals surface area contributed by atoms with Crippen molar-refractivity contribution in [3.05, 3.63) is 42.0 Å². The van der Waals surface area contributed by atoms with Gasteiger partial charge in [-0.2, -0.15) is 0 Å². The molecule has 0 atom stereocenters. The molecule has 3 rings (SSSR count). The van der Waals surface area contributed by atoms with Crippen LogP contribution in [0, 0.1) is 0 Å². The van der Waals surface area contributed by atoms with Crippen molar-refractivity contribution in [1.29, 1.82) is 0 Å². The summed E-state index contributed by atoms with van der Waals surface area (Å²) < 4.78 is 21.3. The zero-order valence-corrected chi connectivity index (χ0v) is 12.0. The minimum absolute atomic E-state index is 0.288. The molecule has 0 amide bonds. The first-order chi connectivity index (χ1) is 10.3. The van der Waals surface area contributed by atoms with Gasteiger partial charge in [0, 0.05) is 12.6 Å². The molecule has 2 aromatic carbocycles. The van der Waals surface area contributed by atoms with Crippen LogP contribution >= 0.6 is 0 Å². The van der Waals surface area contributed by atoms with E-state index in [0.29, 0.717) is 6.54 Å². The summed E-state index contributed by atoms with van der Waals surface area (Å²) >= 11 is 0. The molecule has 0 unspecified atom stereocenters. The lowest BCUT2D eigenvalue weighted by Gasteiger charge is -2.13. The molecule has 0 radical (unpaired) electrons. The lowest BCUT2D eigenvalue weighted by molar-refractivity contribution is 0.174. The van der Waals surface area contributed by atoms with Gasteiger partial charge in [-0.25, -0.2) is 0 Å². The van der Waals surface area contributed by atoms with Gasteiger partial charge in [0.25, 0.3) is 0 Å². The van der Waals surface area contributed by atoms with E-state index in [2.05, 4.69) is 5.32 Å². The molecule has 5 heteroatoms. The van der Waals surface area contributed by atoms with E-state index in [-0.39, 0.29) is 6.79 Å². The van der Waals surface area contributed by atoms with Gasteiger partial charge >= 0.3 is 0 Å². The molecular formula is C16H17NO4. The summed E-state index contributed by atoms with van der Waals surface area (Å²) in [5.74, 6) is 3.13. The molecule has 0 aromatic heterocycles. The molecule has 0 saturated heterocycles. The second-order valence-corrected chi connectivity index (χ2v) is 4.61. The molecule has 1 aliphatic heterocycles. The quantitative estimate of drug-likeness (QED) is 0.916. The molecule has 5 nitrogen and oxygen atoms in total. The number of anilines is 1. The number of ether oxygens (including phenoxy) is 4. The smallest absolute Gasteiger partial charge is 0.231 e. The lowest BCUT2D eigenvalue weighted by Crippen LogP contribution is -2.02. The van der Waals surface area contributed by atoms with E-state index in [0.717, 1.165) is 34.2 Å². The van der Waals surface area contributed by atoms with Crippen LogP contribution in [0.5, 0.6) is 23.0 Å². The maximum Gasteiger partial charge on any atom is 0.231 e. The van der Waals surface area contributed by atoms with Crippen LogP contribution in [-0.4, -0.2) is 21.0 Å². The summed E-state index contributed by atoms with van der Waals surface area (Å²) in [6, 6.07) is 11.6. The van der Waals surface area contributed by atoms with Gasteiger partial charge in [0.05, 0.1) is 19.9 Å². The van der Waals surface area contributed by atoms with Crippen molar-refractivity contribution in [2.75, 3.05) is 26.3 Å². The van der Waals surface area contributed by atoms with Crippen LogP contribution < -0.4 is 24.3 Å². The molecular weight excluding hydrogens is 270 g/mol. The van der Waals surface area contributed by atoms with E-state index in [4.69, 9.17) is 18.9 Å². The number of rotatable bonds is 5. The third-order valence-electron chi connectivity index (χ3n) is 3.33. The average Bonchev–Trinajstić information content (AvgIpc) is 3.00. The molecule has 2 aromatic rings. The van der Waals surface area contributed by atoms with Crippen LogP contribution in [0.15, 0.2) is 36.4 Å². The number of hydrogen-bond donors (Lipinski definition) is 1. The van der Waals surface area contributed by atoms with Gasteiger partial charge in [-0.3, -0.25) is 0 Å². The Morgan fingerprint density at radius 3 is 2.67 bits per heavy atom. The van der Waals surface area contributed by atoms with Crippen LogP contribution in [0.4, 0.5) is 5.69 Å². The Bertz CT molecular complexity index is 642. The van der Waals surface area contributed by atoms with Gasteiger partial charge in [0.1, 0.15) is 11.5 Å². The van der Waals surface area contributed by atoms with Crippen LogP contribution in [-0.2, 0) is 6.54 Å². The SMILES string of the molecule is COc1ccc(OC)c(NCc2ccc3c(c2)OCO3)c1. The minimum atomic E-state index is 0.288. The highest BCUT2D eigenvalue weighted by molar-refractivity contribution is 5.60. The van der Waals surface area contributed by atoms with E-state index in [9.17, 15) is 0 Å². The number of hydrogen-bond acceptors (Lipinski definition) is 5. The standard InChI is InChI=1S/C16H17NO4/c1-18-12-4-6-14(19-2)13(8-12)17-9-11-3-5-15-16(7-11)21-10-20-15/h3-8,17H,9-10H2,1-2H3. The fraction of sp³-hybridized carbons (Fsp3) is 0.250. The summed E-state index contributed by atoms with van der Waals surface area (Å²) in [7, 11) is 3.29. The Labute approximate surface area is 123 Å². The topological polar surface area (TPSA) is 49.0 Å². The first-order valence-corrected chi connectivity index (χ1v) is 6.64. The Morgan fingerprint density at radius 1 is 1.00 bits per heavy atom. The van der Waals surface area contributed by atoms with Gasteiger partial charge < -0.3 is 24.3 Å². The van der Waals surface area contributed by atoms with Gasteiger partial charge in [-0.05, 0) is 29.8 Å². The van der Waals surface area contributed by atoms with Gasteiger partial charge in [-0.1, -0.05) is 6.07 Å². The zero-order chi connectivity index (χ0) is 14.7. The molecule has 0 spiro atoms. The number of nitrogens with one attached hydrogen (secondary N) is 1. The lowest BCUT2D eigenvalue weighted by atomic mass is 10.2. The first kappa shape index (κ1) is 13.4. The predicted molar refractivity (Wildman–Crippen MR) is 79.4 cm³/mol. The van der Waals surface area contributed by atoms with Crippen molar-refractivity contribution in [2.45, 2.75) is 6.54 Å². The van der Waals surface area contributed by atoms with E-state index in [1.165, 1.54) is 0 Å². The Kier molecular flexibility index (Phi) is 3.73. The van der Waals surface area contributed by atoms with Gasteiger partial charge in [0.15, 0.2) is 11.5 Å². The summed E-state index contributed by atoms with van der Waals surface area (Å²) in [5, 5.41) is 3.34. The summed E-state index contributed by atoms with van der Waals surface area (Å²) in [5.41, 5.74) is 1.98. The molecule has 1 aliphatic rings. The second kappa shape index (κ2) is 5.83. The van der Waals surface area contributed by atoms with Crippen molar-refractivity contribution >= 4 is 5.69 Å². The van der Waals surface area contributed by atoms with E-state index in [1.54, 1.807) is 14.2 Å². The molecule has 0 saturated carbocycles. The molecule has 0 bridgehead atoms. The van der Waals surface area contributed by atoms with Crippen LogP contribution in [0.2, 0.25) is 0 Å². The first-order valence-electron chi connectivity index (χ1n) is 6.64. The molecule has 0 fully saturated rings. The fourth-order valence-corrected chi connectivity index (χ4v) is 2.20. The molecule has 1 heterocycles. The van der Waals surface area contributed by atoms with Gasteiger partial charge in [0.2, 0.25) is 6.79 Å². The number of methoxy groups -OCH3 is 2. The predicted octanol–water partition coefficient (Wildman–Crippen LogP) is 3.04. The highest BCUT2D eigenvalue weighted by atomic mass is 16.7. The van der Waals surface area contributed by atoms with E-state index < -0.39 is 0 Å². The molecule has 1 N–H and O–H groups in total. The monoisotopic (exact) mass is 287 g/mol. The van der Waals surface area contributed by atoms with Crippen LogP contribution in [0.1, 0.15) is 5.56 Å². The highest BCUT2D eigenvalue weighted by Gasteiger charge is 2.13. The maximum atomic E-state index is 5.38. The Hall–Kier alpha value is -2.56. The summed E-state index contributed by atoms with van der Waals surface area (Å²) in [4.78, 5) is 0. The molecule has 0 aliphatic carbocycles. The fourth-order valence-electron chi connectivity index (χ4n) is 2.20. The van der Waals surface area contributed by atoms with Crippen LogP contribution in [0.25, 0.3) is 0 Å². The van der Waals surface area contributed by atoms with Crippen molar-refractivity contribution in [3.8, 4) is 23.0 Å². The molecule has 110 valence electrons. The van der Waals surface area contributed by atoms with E-state index in [1.807, 2.05) is 36.4 Å². The third kappa shape index (κ3) is 2.81. The summed E-state index contributed by atoms with van der Waals surface area (Å²) in [6.45, 7) is 0.941. The third-order valence-corrected chi connectivity index (χ3v) is 3.33. The minimum Gasteiger partial charge on any atom is -0.497 e. The normalized spacial score (nSPS) is 12.1. The summed E-state index contributed by atoms with van der Waals surface area (Å²) in [6.07, 6.45) is 0. The second-order valence-electron chi connectivity index (χ2n) is 4.61. The zero-order valence-electron chi connectivity index (χ0n) is 12.0. The maximum absolute atomic E-state index is 5.38. The Balaban J connectivity index is 1.75. The van der Waals surface area contributed by atoms with Crippen molar-refractivity contribution in [2.24, 2.45) is 0 Å². The number of fused-ring (bicyclic) bond motifs is 1. The largest absolute Gasteiger partial charge is 0.497 e. The van der Waals surface area contributed by atoms with E-state index >= 15 is 0 Å². The van der Waals surface area contributed by atoms with Crippen molar-refractivity contribution in [3.63, 3.8) is 0 Å². The average molecular weight is 287 g/mol. The van der Waals surface area contributed by atoms with Crippen LogP contribution in [0.3, 0.4) is 0 Å². The van der Waals surface area contributed by atoms with Crippen molar-refractivity contribution < 1.29 is 18.9 Å². The highest BCUT2D eigenvalue weighted by Crippen LogP contribution is 2.33. The molecule has 21 heavy (non-hydrogen) atoms.